The number of nitrogens with one attached hydrogen (secondary N) is 2. The van der Waals surface area contributed by atoms with Gasteiger partial charge in [0.25, 0.3) is 0 Å². The number of nitrogens with two attached hydrogens (primary N) is 1. The highest BCUT2D eigenvalue weighted by Gasteiger charge is 2.05. The lowest BCUT2D eigenvalue weighted by Gasteiger charge is -2.11. The van der Waals surface area contributed by atoms with Crippen molar-refractivity contribution in [3.8, 4) is 0 Å². The number of urea groups is 1. The molecule has 0 aliphatic carbocycles. The van der Waals surface area contributed by atoms with E-state index in [-0.39, 0.29) is 6.03 Å². The van der Waals surface area contributed by atoms with Gasteiger partial charge in [0.05, 0.1) is 0 Å². The van der Waals surface area contributed by atoms with Crippen molar-refractivity contribution in [1.82, 2.24) is 5.32 Å². The molecule has 0 saturated heterocycles. The van der Waals surface area contributed by atoms with Crippen molar-refractivity contribution in [3.63, 3.8) is 0 Å². The van der Waals surface area contributed by atoms with Gasteiger partial charge in [-0.2, -0.15) is 0 Å². The summed E-state index contributed by atoms with van der Waals surface area (Å²) in [4.78, 5) is 11.5. The van der Waals surface area contributed by atoms with E-state index in [0.29, 0.717) is 12.2 Å². The Morgan fingerprint density at radius 1 is 1.31 bits per heavy atom. The minimum Gasteiger partial charge on any atom is -0.398 e. The van der Waals surface area contributed by atoms with E-state index < -0.39 is 0 Å². The molecule has 1 rings (SSSR count). The van der Waals surface area contributed by atoms with Gasteiger partial charge in [0.1, 0.15) is 0 Å². The SMILES string of the molecule is CCCNC(=O)Nc1cc(N)c(C)cc1C. The molecule has 0 spiro atoms. The van der Waals surface area contributed by atoms with Crippen LogP contribution in [0.3, 0.4) is 0 Å². The average Bonchev–Trinajstić information content (AvgIpc) is 2.23. The Bertz CT molecular complexity index is 388. The van der Waals surface area contributed by atoms with E-state index in [2.05, 4.69) is 10.6 Å². The molecule has 16 heavy (non-hydrogen) atoms. The third-order valence-electron chi connectivity index (χ3n) is 2.40. The van der Waals surface area contributed by atoms with E-state index in [1.807, 2.05) is 26.8 Å². The van der Waals surface area contributed by atoms with E-state index in [1.54, 1.807) is 6.07 Å². The number of anilines is 2. The third kappa shape index (κ3) is 3.15. The average molecular weight is 221 g/mol. The molecule has 0 bridgehead atoms. The quantitative estimate of drug-likeness (QED) is 0.686. The summed E-state index contributed by atoms with van der Waals surface area (Å²) in [6, 6.07) is 3.56. The second-order valence-electron chi connectivity index (χ2n) is 3.90. The standard InChI is InChI=1S/C12H19N3O/c1-4-5-14-12(16)15-11-7-10(13)8(2)6-9(11)3/h6-7H,4-5,13H2,1-3H3,(H2,14,15,16). The lowest BCUT2D eigenvalue weighted by atomic mass is 10.1. The highest BCUT2D eigenvalue weighted by molar-refractivity contribution is 5.90. The molecule has 0 aliphatic heterocycles. The first-order chi connectivity index (χ1) is 7.54. The number of hydrogen-bond donors (Lipinski definition) is 3. The van der Waals surface area contributed by atoms with Crippen LogP contribution in [0.15, 0.2) is 12.1 Å². The first-order valence-electron chi connectivity index (χ1n) is 5.46. The summed E-state index contributed by atoms with van der Waals surface area (Å²) >= 11 is 0. The van der Waals surface area contributed by atoms with Crippen LogP contribution in [0.5, 0.6) is 0 Å². The fourth-order valence-electron chi connectivity index (χ4n) is 1.41. The van der Waals surface area contributed by atoms with Gasteiger partial charge in [-0.1, -0.05) is 13.0 Å². The fourth-order valence-corrected chi connectivity index (χ4v) is 1.41. The van der Waals surface area contributed by atoms with E-state index in [4.69, 9.17) is 5.73 Å². The second kappa shape index (κ2) is 5.39. The minimum absolute atomic E-state index is 0.187. The summed E-state index contributed by atoms with van der Waals surface area (Å²) in [5, 5.41) is 5.53. The molecule has 4 nitrogen and oxygen atoms in total. The minimum atomic E-state index is -0.187. The van der Waals surface area contributed by atoms with Crippen LogP contribution in [0.2, 0.25) is 0 Å². The monoisotopic (exact) mass is 221 g/mol. The van der Waals surface area contributed by atoms with Crippen LogP contribution in [0.4, 0.5) is 16.2 Å². The predicted octanol–water partition coefficient (Wildman–Crippen LogP) is 2.42. The summed E-state index contributed by atoms with van der Waals surface area (Å²) < 4.78 is 0. The summed E-state index contributed by atoms with van der Waals surface area (Å²) in [5.74, 6) is 0. The summed E-state index contributed by atoms with van der Waals surface area (Å²) in [7, 11) is 0. The van der Waals surface area contributed by atoms with Crippen LogP contribution in [0.1, 0.15) is 24.5 Å². The molecule has 0 aliphatic rings. The zero-order valence-corrected chi connectivity index (χ0v) is 10.1. The van der Waals surface area contributed by atoms with Gasteiger partial charge in [0.15, 0.2) is 0 Å². The van der Waals surface area contributed by atoms with Crippen LogP contribution < -0.4 is 16.4 Å². The Balaban J connectivity index is 2.73. The topological polar surface area (TPSA) is 67.2 Å². The zero-order valence-electron chi connectivity index (χ0n) is 10.1. The Kier molecular flexibility index (Phi) is 4.17. The number of amides is 2. The molecule has 0 saturated carbocycles. The van der Waals surface area contributed by atoms with E-state index in [1.165, 1.54) is 0 Å². The van der Waals surface area contributed by atoms with Gasteiger partial charge in [-0.15, -0.1) is 0 Å². The Hall–Kier alpha value is -1.71. The number of rotatable bonds is 3. The van der Waals surface area contributed by atoms with Crippen molar-refractivity contribution in [3.05, 3.63) is 23.3 Å². The Labute approximate surface area is 96.2 Å². The van der Waals surface area contributed by atoms with Crippen molar-refractivity contribution >= 4 is 17.4 Å². The van der Waals surface area contributed by atoms with E-state index >= 15 is 0 Å². The van der Waals surface area contributed by atoms with E-state index in [9.17, 15) is 4.79 Å². The molecule has 0 aromatic heterocycles. The summed E-state index contributed by atoms with van der Waals surface area (Å²) in [6.07, 6.45) is 0.919. The molecular formula is C12H19N3O. The maximum atomic E-state index is 11.5. The van der Waals surface area contributed by atoms with Crippen molar-refractivity contribution in [2.75, 3.05) is 17.6 Å². The first kappa shape index (κ1) is 12.4. The second-order valence-corrected chi connectivity index (χ2v) is 3.90. The number of carbonyl (C=O) groups is 1. The van der Waals surface area contributed by atoms with Gasteiger partial charge >= 0.3 is 6.03 Å². The molecule has 0 fully saturated rings. The zero-order chi connectivity index (χ0) is 12.1. The molecule has 1 aromatic rings. The smallest absolute Gasteiger partial charge is 0.319 e. The molecule has 0 radical (unpaired) electrons. The molecule has 1 aromatic carbocycles. The molecule has 4 N–H and O–H groups in total. The van der Waals surface area contributed by atoms with Crippen molar-refractivity contribution in [1.29, 1.82) is 0 Å². The number of aryl methyl sites for hydroxylation is 2. The maximum Gasteiger partial charge on any atom is 0.319 e. The van der Waals surface area contributed by atoms with Gasteiger partial charge in [-0.05, 0) is 37.5 Å². The van der Waals surface area contributed by atoms with Crippen LogP contribution in [-0.2, 0) is 0 Å². The van der Waals surface area contributed by atoms with Gasteiger partial charge in [0.2, 0.25) is 0 Å². The molecular weight excluding hydrogens is 202 g/mol. The summed E-state index contributed by atoms with van der Waals surface area (Å²) in [6.45, 7) is 6.58. The first-order valence-corrected chi connectivity index (χ1v) is 5.46. The van der Waals surface area contributed by atoms with Crippen molar-refractivity contribution < 1.29 is 4.79 Å². The van der Waals surface area contributed by atoms with Crippen LogP contribution in [0, 0.1) is 13.8 Å². The van der Waals surface area contributed by atoms with E-state index in [0.717, 1.165) is 23.2 Å². The number of benzene rings is 1. The Morgan fingerprint density at radius 3 is 2.62 bits per heavy atom. The maximum absolute atomic E-state index is 11.5. The van der Waals surface area contributed by atoms with Gasteiger partial charge in [0, 0.05) is 17.9 Å². The predicted molar refractivity (Wildman–Crippen MR) is 67.6 cm³/mol. The normalized spacial score (nSPS) is 9.94. The number of hydrogen-bond acceptors (Lipinski definition) is 2. The lowest BCUT2D eigenvalue weighted by molar-refractivity contribution is 0.252. The van der Waals surface area contributed by atoms with Crippen LogP contribution in [0.25, 0.3) is 0 Å². The molecule has 0 unspecified atom stereocenters. The molecule has 4 heteroatoms. The third-order valence-corrected chi connectivity index (χ3v) is 2.40. The highest BCUT2D eigenvalue weighted by Crippen LogP contribution is 2.21. The molecule has 2 amide bonds. The van der Waals surface area contributed by atoms with Gasteiger partial charge in [-0.25, -0.2) is 4.79 Å². The van der Waals surface area contributed by atoms with Crippen molar-refractivity contribution in [2.45, 2.75) is 27.2 Å². The Morgan fingerprint density at radius 2 is 2.00 bits per heavy atom. The van der Waals surface area contributed by atoms with Crippen molar-refractivity contribution in [2.24, 2.45) is 0 Å². The summed E-state index contributed by atoms with van der Waals surface area (Å²) in [5.41, 5.74) is 9.28. The van der Waals surface area contributed by atoms with Gasteiger partial charge < -0.3 is 16.4 Å². The number of nitrogen functional groups attached to an aromatic ring is 1. The largest absolute Gasteiger partial charge is 0.398 e. The molecule has 0 atom stereocenters. The lowest BCUT2D eigenvalue weighted by Crippen LogP contribution is -2.29. The fraction of sp³-hybridized carbons (Fsp3) is 0.417. The van der Waals surface area contributed by atoms with Gasteiger partial charge in [-0.3, -0.25) is 0 Å². The number of carbonyl (C=O) groups excluding carboxylic acids is 1. The highest BCUT2D eigenvalue weighted by atomic mass is 16.2. The molecule has 88 valence electrons. The molecule has 0 heterocycles. The van der Waals surface area contributed by atoms with Crippen LogP contribution in [-0.4, -0.2) is 12.6 Å². The van der Waals surface area contributed by atoms with Crippen LogP contribution >= 0.6 is 0 Å².